The van der Waals surface area contributed by atoms with E-state index in [1.165, 1.54) is 4.40 Å². The average molecular weight is 298 g/mol. The minimum absolute atomic E-state index is 0.0574. The van der Waals surface area contributed by atoms with Crippen LogP contribution in [0.15, 0.2) is 10.9 Å². The van der Waals surface area contributed by atoms with E-state index in [0.717, 1.165) is 6.42 Å². The predicted molar refractivity (Wildman–Crippen MR) is 80.5 cm³/mol. The fourth-order valence-electron chi connectivity index (χ4n) is 2.18. The molecule has 2 heterocycles. The van der Waals surface area contributed by atoms with Gasteiger partial charge in [0, 0.05) is 18.0 Å². The summed E-state index contributed by atoms with van der Waals surface area (Å²) in [5, 5.41) is 9.79. The first-order valence-electron chi connectivity index (χ1n) is 6.60. The lowest BCUT2D eigenvalue weighted by Crippen LogP contribution is -2.35. The van der Waals surface area contributed by atoms with Gasteiger partial charge in [-0.15, -0.1) is 11.6 Å². The number of aromatic nitrogens is 4. The number of hydrogen-bond donors (Lipinski definition) is 2. The van der Waals surface area contributed by atoms with E-state index < -0.39 is 0 Å². The Labute approximate surface area is 122 Å². The normalized spacial score (nSPS) is 13.7. The quantitative estimate of drug-likeness (QED) is 0.848. The van der Waals surface area contributed by atoms with Gasteiger partial charge < -0.3 is 5.32 Å². The van der Waals surface area contributed by atoms with Crippen LogP contribution in [-0.2, 0) is 0 Å². The lowest BCUT2D eigenvalue weighted by Gasteiger charge is -2.31. The topological polar surface area (TPSA) is 75.1 Å². The van der Waals surface area contributed by atoms with Crippen molar-refractivity contribution in [3.8, 4) is 0 Å². The summed E-state index contributed by atoms with van der Waals surface area (Å²) in [5.74, 6) is 1.89. The van der Waals surface area contributed by atoms with Crippen LogP contribution >= 0.6 is 11.6 Å². The van der Waals surface area contributed by atoms with Crippen LogP contribution in [0.1, 0.15) is 33.0 Å². The number of halogens is 1. The van der Waals surface area contributed by atoms with Crippen molar-refractivity contribution in [3.05, 3.63) is 22.4 Å². The second kappa shape index (κ2) is 5.44. The van der Waals surface area contributed by atoms with Gasteiger partial charge in [0.2, 0.25) is 0 Å². The number of aryl methyl sites for hydroxylation is 1. The van der Waals surface area contributed by atoms with E-state index >= 15 is 0 Å². The first-order chi connectivity index (χ1) is 9.32. The molecule has 0 spiro atoms. The number of nitrogens with zero attached hydrogens (tertiary/aromatic N) is 3. The minimum atomic E-state index is -0.273. The Morgan fingerprint density at radius 1 is 1.50 bits per heavy atom. The standard InChI is InChI=1S/C13H20ClN5O/c1-8-15-10(7-11-17-18-12(20)19(8)11)16-9(5-6-14)13(2,3)4/h7,9,16H,5-6H2,1-4H3,(H,18,20). The van der Waals surface area contributed by atoms with Gasteiger partial charge in [-0.1, -0.05) is 20.8 Å². The van der Waals surface area contributed by atoms with E-state index in [9.17, 15) is 4.79 Å². The largest absolute Gasteiger partial charge is 0.367 e. The van der Waals surface area contributed by atoms with Crippen molar-refractivity contribution in [3.63, 3.8) is 0 Å². The Bertz CT molecular complexity index is 655. The molecule has 0 saturated carbocycles. The summed E-state index contributed by atoms with van der Waals surface area (Å²) in [4.78, 5) is 16.0. The number of fused-ring (bicyclic) bond motifs is 1. The van der Waals surface area contributed by atoms with Gasteiger partial charge in [0.15, 0.2) is 5.65 Å². The zero-order valence-electron chi connectivity index (χ0n) is 12.2. The number of hydrogen-bond acceptors (Lipinski definition) is 4. The molecule has 0 bridgehead atoms. The van der Waals surface area contributed by atoms with Gasteiger partial charge in [0.1, 0.15) is 11.6 Å². The summed E-state index contributed by atoms with van der Waals surface area (Å²) in [7, 11) is 0. The molecule has 0 amide bonds. The number of nitrogens with one attached hydrogen (secondary N) is 2. The number of anilines is 1. The molecule has 2 rings (SSSR count). The van der Waals surface area contributed by atoms with Gasteiger partial charge in [0.25, 0.3) is 0 Å². The van der Waals surface area contributed by atoms with Crippen molar-refractivity contribution in [1.29, 1.82) is 0 Å². The van der Waals surface area contributed by atoms with Crippen LogP contribution < -0.4 is 11.0 Å². The van der Waals surface area contributed by atoms with Crippen molar-refractivity contribution in [2.45, 2.75) is 40.2 Å². The maximum absolute atomic E-state index is 11.6. The van der Waals surface area contributed by atoms with E-state index in [0.29, 0.717) is 23.2 Å². The van der Waals surface area contributed by atoms with E-state index in [1.54, 1.807) is 13.0 Å². The van der Waals surface area contributed by atoms with Crippen LogP contribution in [-0.4, -0.2) is 31.5 Å². The molecular formula is C13H20ClN5O. The Kier molecular flexibility index (Phi) is 4.04. The van der Waals surface area contributed by atoms with E-state index in [2.05, 4.69) is 41.3 Å². The van der Waals surface area contributed by atoms with Crippen molar-refractivity contribution < 1.29 is 0 Å². The van der Waals surface area contributed by atoms with Crippen LogP contribution in [0.25, 0.3) is 5.65 Å². The highest BCUT2D eigenvalue weighted by atomic mass is 35.5. The zero-order valence-corrected chi connectivity index (χ0v) is 13.0. The molecule has 1 unspecified atom stereocenters. The van der Waals surface area contributed by atoms with E-state index in [1.807, 2.05) is 0 Å². The molecular weight excluding hydrogens is 278 g/mol. The molecule has 0 aliphatic carbocycles. The molecule has 6 nitrogen and oxygen atoms in total. The van der Waals surface area contributed by atoms with Gasteiger partial charge in [-0.2, -0.15) is 5.10 Å². The van der Waals surface area contributed by atoms with Crippen molar-refractivity contribution in [1.82, 2.24) is 19.6 Å². The molecule has 2 N–H and O–H groups in total. The molecule has 7 heteroatoms. The minimum Gasteiger partial charge on any atom is -0.367 e. The predicted octanol–water partition coefficient (Wildman–Crippen LogP) is 2.18. The summed E-state index contributed by atoms with van der Waals surface area (Å²) in [6.07, 6.45) is 0.838. The fraction of sp³-hybridized carbons (Fsp3) is 0.615. The van der Waals surface area contributed by atoms with Gasteiger partial charge in [0.05, 0.1) is 0 Å². The Balaban J connectivity index is 2.35. The van der Waals surface area contributed by atoms with Crippen LogP contribution in [0, 0.1) is 12.3 Å². The van der Waals surface area contributed by atoms with E-state index in [4.69, 9.17) is 11.6 Å². The smallest absolute Gasteiger partial charge is 0.349 e. The van der Waals surface area contributed by atoms with Crippen LogP contribution in [0.4, 0.5) is 5.82 Å². The summed E-state index contributed by atoms with van der Waals surface area (Å²) >= 11 is 5.88. The van der Waals surface area contributed by atoms with Gasteiger partial charge in [-0.25, -0.2) is 19.3 Å². The number of alkyl halides is 1. The number of H-pyrrole nitrogens is 1. The summed E-state index contributed by atoms with van der Waals surface area (Å²) in [5.41, 5.74) is 0.343. The maximum atomic E-state index is 11.6. The van der Waals surface area contributed by atoms with Crippen molar-refractivity contribution in [2.24, 2.45) is 5.41 Å². The third-order valence-corrected chi connectivity index (χ3v) is 3.55. The molecule has 0 aliphatic heterocycles. The number of rotatable bonds is 4. The highest BCUT2D eigenvalue weighted by Gasteiger charge is 2.24. The molecule has 0 saturated heterocycles. The van der Waals surface area contributed by atoms with Gasteiger partial charge >= 0.3 is 5.69 Å². The highest BCUT2D eigenvalue weighted by molar-refractivity contribution is 6.17. The van der Waals surface area contributed by atoms with Crippen LogP contribution in [0.3, 0.4) is 0 Å². The molecule has 0 aromatic carbocycles. The third-order valence-electron chi connectivity index (χ3n) is 3.34. The molecule has 0 radical (unpaired) electrons. The number of aromatic amines is 1. The zero-order chi connectivity index (χ0) is 14.9. The molecule has 2 aromatic heterocycles. The van der Waals surface area contributed by atoms with Crippen molar-refractivity contribution in [2.75, 3.05) is 11.2 Å². The molecule has 0 fully saturated rings. The molecule has 2 aromatic rings. The lowest BCUT2D eigenvalue weighted by atomic mass is 9.85. The molecule has 0 aliphatic rings. The summed E-state index contributed by atoms with van der Waals surface area (Å²) in [6.45, 7) is 8.24. The maximum Gasteiger partial charge on any atom is 0.349 e. The average Bonchev–Trinajstić information content (AvgIpc) is 2.69. The SMILES string of the molecule is Cc1nc(NC(CCCl)C(C)(C)C)cc2n[nH]c(=O)n12. The lowest BCUT2D eigenvalue weighted by molar-refractivity contribution is 0.334. The summed E-state index contributed by atoms with van der Waals surface area (Å²) < 4.78 is 1.44. The Morgan fingerprint density at radius 3 is 2.80 bits per heavy atom. The first kappa shape index (κ1) is 14.8. The molecule has 20 heavy (non-hydrogen) atoms. The monoisotopic (exact) mass is 297 g/mol. The van der Waals surface area contributed by atoms with Crippen LogP contribution in [0.2, 0.25) is 0 Å². The Hall–Kier alpha value is -1.56. The fourth-order valence-corrected chi connectivity index (χ4v) is 2.40. The van der Waals surface area contributed by atoms with Crippen molar-refractivity contribution >= 4 is 23.1 Å². The van der Waals surface area contributed by atoms with E-state index in [-0.39, 0.29) is 17.1 Å². The molecule has 1 atom stereocenters. The highest BCUT2D eigenvalue weighted by Crippen LogP contribution is 2.25. The third kappa shape index (κ3) is 2.95. The molecule has 110 valence electrons. The summed E-state index contributed by atoms with van der Waals surface area (Å²) in [6, 6.07) is 1.96. The van der Waals surface area contributed by atoms with Gasteiger partial charge in [-0.05, 0) is 18.8 Å². The van der Waals surface area contributed by atoms with Gasteiger partial charge in [-0.3, -0.25) is 0 Å². The Morgan fingerprint density at radius 2 is 2.20 bits per heavy atom. The second-order valence-corrected chi connectivity index (χ2v) is 6.33. The van der Waals surface area contributed by atoms with Crippen LogP contribution in [0.5, 0.6) is 0 Å². The first-order valence-corrected chi connectivity index (χ1v) is 7.13. The second-order valence-electron chi connectivity index (χ2n) is 5.95.